The Hall–Kier alpha value is -0.570. The topological polar surface area (TPSA) is 21.3 Å². The second kappa shape index (κ2) is 9.35. The number of hydrogen-bond donors (Lipinski definition) is 1. The Morgan fingerprint density at radius 3 is 2.68 bits per heavy atom. The molecule has 0 aromatic heterocycles. The van der Waals surface area contributed by atoms with Gasteiger partial charge in [-0.15, -0.1) is 0 Å². The van der Waals surface area contributed by atoms with Gasteiger partial charge in [0.2, 0.25) is 0 Å². The van der Waals surface area contributed by atoms with Crippen LogP contribution in [0.15, 0.2) is 24.3 Å². The van der Waals surface area contributed by atoms with Crippen LogP contribution in [0.1, 0.15) is 38.2 Å². The summed E-state index contributed by atoms with van der Waals surface area (Å²) in [6.07, 6.45) is 2.37. The van der Waals surface area contributed by atoms with Crippen LogP contribution in [-0.4, -0.2) is 26.8 Å². The third-order valence-electron chi connectivity index (χ3n) is 3.60. The van der Waals surface area contributed by atoms with Crippen LogP contribution in [0.25, 0.3) is 0 Å². The normalized spacial score (nSPS) is 14.3. The Morgan fingerprint density at radius 1 is 1.32 bits per heavy atom. The lowest BCUT2D eigenvalue weighted by Gasteiger charge is -2.22. The SMILES string of the molecule is CCC(C)CC(CNCCOC)c1ccccc1Cl. The summed E-state index contributed by atoms with van der Waals surface area (Å²) in [6.45, 7) is 7.14. The van der Waals surface area contributed by atoms with E-state index >= 15 is 0 Å². The molecular formula is C16H26ClNO. The van der Waals surface area contributed by atoms with Crippen molar-refractivity contribution in [2.45, 2.75) is 32.6 Å². The molecule has 0 saturated carbocycles. The lowest BCUT2D eigenvalue weighted by molar-refractivity contribution is 0.198. The lowest BCUT2D eigenvalue weighted by atomic mass is 9.88. The highest BCUT2D eigenvalue weighted by molar-refractivity contribution is 6.31. The van der Waals surface area contributed by atoms with E-state index in [2.05, 4.69) is 31.3 Å². The van der Waals surface area contributed by atoms with E-state index in [1.807, 2.05) is 12.1 Å². The molecule has 108 valence electrons. The fourth-order valence-electron chi connectivity index (χ4n) is 2.23. The van der Waals surface area contributed by atoms with E-state index in [4.69, 9.17) is 16.3 Å². The molecule has 19 heavy (non-hydrogen) atoms. The Kier molecular flexibility index (Phi) is 8.11. The number of ether oxygens (including phenoxy) is 1. The van der Waals surface area contributed by atoms with Crippen LogP contribution in [0.2, 0.25) is 5.02 Å². The number of hydrogen-bond acceptors (Lipinski definition) is 2. The van der Waals surface area contributed by atoms with Gasteiger partial charge in [-0.1, -0.05) is 50.1 Å². The fourth-order valence-corrected chi connectivity index (χ4v) is 2.52. The quantitative estimate of drug-likeness (QED) is 0.689. The molecule has 0 radical (unpaired) electrons. The van der Waals surface area contributed by atoms with Gasteiger partial charge in [-0.05, 0) is 29.9 Å². The standard InChI is InChI=1S/C16H26ClNO/c1-4-13(2)11-14(12-18-9-10-19-3)15-7-5-6-8-16(15)17/h5-8,13-14,18H,4,9-12H2,1-3H3. The summed E-state index contributed by atoms with van der Waals surface area (Å²) in [6, 6.07) is 8.19. The van der Waals surface area contributed by atoms with Crippen molar-refractivity contribution >= 4 is 11.6 Å². The molecule has 1 N–H and O–H groups in total. The van der Waals surface area contributed by atoms with E-state index in [0.717, 1.165) is 24.7 Å². The first-order chi connectivity index (χ1) is 9.19. The van der Waals surface area contributed by atoms with E-state index in [9.17, 15) is 0 Å². The van der Waals surface area contributed by atoms with Gasteiger partial charge in [0.05, 0.1) is 6.61 Å². The molecule has 0 spiro atoms. The van der Waals surface area contributed by atoms with E-state index in [-0.39, 0.29) is 0 Å². The fraction of sp³-hybridized carbons (Fsp3) is 0.625. The molecule has 2 atom stereocenters. The minimum Gasteiger partial charge on any atom is -0.383 e. The molecule has 0 aliphatic carbocycles. The molecule has 1 aromatic rings. The van der Waals surface area contributed by atoms with Crippen molar-refractivity contribution in [3.8, 4) is 0 Å². The molecule has 2 unspecified atom stereocenters. The van der Waals surface area contributed by atoms with Crippen LogP contribution in [0.3, 0.4) is 0 Å². The molecular weight excluding hydrogens is 258 g/mol. The van der Waals surface area contributed by atoms with Gasteiger partial charge in [0.1, 0.15) is 0 Å². The predicted octanol–water partition coefficient (Wildman–Crippen LogP) is 4.10. The van der Waals surface area contributed by atoms with Crippen LogP contribution in [0.4, 0.5) is 0 Å². The van der Waals surface area contributed by atoms with Crippen LogP contribution >= 0.6 is 11.6 Å². The maximum Gasteiger partial charge on any atom is 0.0587 e. The van der Waals surface area contributed by atoms with Crippen molar-refractivity contribution in [3.05, 3.63) is 34.9 Å². The summed E-state index contributed by atoms with van der Waals surface area (Å²) in [5.41, 5.74) is 1.26. The molecule has 1 rings (SSSR count). The van der Waals surface area contributed by atoms with E-state index in [1.165, 1.54) is 18.4 Å². The molecule has 0 fully saturated rings. The van der Waals surface area contributed by atoms with E-state index < -0.39 is 0 Å². The van der Waals surface area contributed by atoms with Gasteiger partial charge >= 0.3 is 0 Å². The van der Waals surface area contributed by atoms with Gasteiger partial charge in [-0.2, -0.15) is 0 Å². The van der Waals surface area contributed by atoms with Crippen molar-refractivity contribution in [2.75, 3.05) is 26.8 Å². The second-order valence-electron chi connectivity index (χ2n) is 5.16. The molecule has 3 heteroatoms. The molecule has 1 aromatic carbocycles. The number of methoxy groups -OCH3 is 1. The summed E-state index contributed by atoms with van der Waals surface area (Å²) < 4.78 is 5.07. The molecule has 0 heterocycles. The first-order valence-corrected chi connectivity index (χ1v) is 7.50. The zero-order valence-corrected chi connectivity index (χ0v) is 13.0. The average Bonchev–Trinajstić information content (AvgIpc) is 2.42. The highest BCUT2D eigenvalue weighted by Gasteiger charge is 2.16. The third kappa shape index (κ3) is 5.94. The van der Waals surface area contributed by atoms with Gasteiger partial charge in [0, 0.05) is 25.2 Å². The number of benzene rings is 1. The minimum absolute atomic E-state index is 0.473. The smallest absolute Gasteiger partial charge is 0.0587 e. The zero-order chi connectivity index (χ0) is 14.1. The maximum absolute atomic E-state index is 6.33. The van der Waals surface area contributed by atoms with E-state index in [0.29, 0.717) is 11.8 Å². The first-order valence-electron chi connectivity index (χ1n) is 7.13. The predicted molar refractivity (Wildman–Crippen MR) is 83.0 cm³/mol. The summed E-state index contributed by atoms with van der Waals surface area (Å²) >= 11 is 6.33. The van der Waals surface area contributed by atoms with Gasteiger partial charge in [0.25, 0.3) is 0 Å². The maximum atomic E-state index is 6.33. The Balaban J connectivity index is 2.66. The Bertz CT molecular complexity index is 356. The molecule has 0 saturated heterocycles. The lowest BCUT2D eigenvalue weighted by Crippen LogP contribution is -2.26. The molecule has 0 aliphatic rings. The van der Waals surface area contributed by atoms with Crippen molar-refractivity contribution in [1.82, 2.24) is 5.32 Å². The van der Waals surface area contributed by atoms with Gasteiger partial charge in [0.15, 0.2) is 0 Å². The van der Waals surface area contributed by atoms with Gasteiger partial charge in [-0.25, -0.2) is 0 Å². The molecule has 0 amide bonds. The molecule has 0 bridgehead atoms. The van der Waals surface area contributed by atoms with Crippen LogP contribution in [0, 0.1) is 5.92 Å². The highest BCUT2D eigenvalue weighted by Crippen LogP contribution is 2.29. The first kappa shape index (κ1) is 16.5. The number of halogens is 1. The zero-order valence-electron chi connectivity index (χ0n) is 12.3. The monoisotopic (exact) mass is 283 g/mol. The van der Waals surface area contributed by atoms with Crippen LogP contribution in [0.5, 0.6) is 0 Å². The summed E-state index contributed by atoms with van der Waals surface area (Å²) in [5.74, 6) is 1.19. The third-order valence-corrected chi connectivity index (χ3v) is 3.95. The summed E-state index contributed by atoms with van der Waals surface area (Å²) in [4.78, 5) is 0. The van der Waals surface area contributed by atoms with Crippen LogP contribution in [-0.2, 0) is 4.74 Å². The van der Waals surface area contributed by atoms with Gasteiger partial charge in [-0.3, -0.25) is 0 Å². The number of nitrogens with one attached hydrogen (secondary N) is 1. The second-order valence-corrected chi connectivity index (χ2v) is 5.57. The van der Waals surface area contributed by atoms with Crippen molar-refractivity contribution in [3.63, 3.8) is 0 Å². The minimum atomic E-state index is 0.473. The molecule has 2 nitrogen and oxygen atoms in total. The highest BCUT2D eigenvalue weighted by atomic mass is 35.5. The van der Waals surface area contributed by atoms with Crippen LogP contribution < -0.4 is 5.32 Å². The van der Waals surface area contributed by atoms with Crippen molar-refractivity contribution in [1.29, 1.82) is 0 Å². The van der Waals surface area contributed by atoms with E-state index in [1.54, 1.807) is 7.11 Å². The Labute approximate surface area is 122 Å². The Morgan fingerprint density at radius 2 is 2.05 bits per heavy atom. The summed E-state index contributed by atoms with van der Waals surface area (Å²) in [7, 11) is 1.73. The largest absolute Gasteiger partial charge is 0.383 e. The van der Waals surface area contributed by atoms with Crippen molar-refractivity contribution < 1.29 is 4.74 Å². The molecule has 0 aliphatic heterocycles. The van der Waals surface area contributed by atoms with Crippen molar-refractivity contribution in [2.24, 2.45) is 5.92 Å². The summed E-state index contributed by atoms with van der Waals surface area (Å²) in [5, 5.41) is 4.34. The van der Waals surface area contributed by atoms with Gasteiger partial charge < -0.3 is 10.1 Å². The average molecular weight is 284 g/mol. The number of rotatable bonds is 9.